The molecule has 2 aromatic carbocycles. The van der Waals surface area contributed by atoms with Crippen molar-refractivity contribution < 1.29 is 33.8 Å². The number of allylic oxidation sites excluding steroid dienone is 1. The summed E-state index contributed by atoms with van der Waals surface area (Å²) >= 11 is 3.74. The molecular weight excluding hydrogens is 702 g/mol. The van der Waals surface area contributed by atoms with Gasteiger partial charge in [0.15, 0.2) is 0 Å². The molecule has 50 heavy (non-hydrogen) atoms. The molecule has 3 heterocycles. The van der Waals surface area contributed by atoms with E-state index < -0.39 is 60.2 Å². The quantitative estimate of drug-likeness (QED) is 0.132. The molecule has 10 nitrogen and oxygen atoms in total. The van der Waals surface area contributed by atoms with Gasteiger partial charge in [-0.2, -0.15) is 0 Å². The molecule has 3 amide bonds. The van der Waals surface area contributed by atoms with Crippen LogP contribution >= 0.6 is 15.9 Å². The number of fused-ring (bicyclic) bond motifs is 1. The normalized spacial score (nSPS) is 26.8. The fraction of sp³-hybridized carbons (Fsp3) is 0.487. The maximum absolute atomic E-state index is 14.9. The molecular formula is C39H48BrN3O7. The van der Waals surface area contributed by atoms with Crippen LogP contribution in [0.15, 0.2) is 86.0 Å². The van der Waals surface area contributed by atoms with Crippen molar-refractivity contribution in [2.75, 3.05) is 19.7 Å². The van der Waals surface area contributed by atoms with E-state index in [-0.39, 0.29) is 42.2 Å². The lowest BCUT2D eigenvalue weighted by atomic mass is 9.70. The molecule has 11 heteroatoms. The number of nitrogens with one attached hydrogen (secondary N) is 1. The highest BCUT2D eigenvalue weighted by Gasteiger charge is 2.77. The first-order valence-corrected chi connectivity index (χ1v) is 18.4. The Hall–Kier alpha value is -3.80. The highest BCUT2D eigenvalue weighted by Crippen LogP contribution is 2.61. The number of aliphatic hydroxyl groups excluding tert-OH is 1. The minimum atomic E-state index is -1.36. The lowest BCUT2D eigenvalue weighted by Crippen LogP contribution is -2.58. The molecule has 2 aromatic rings. The molecule has 3 saturated heterocycles. The van der Waals surface area contributed by atoms with Gasteiger partial charge in [-0.05, 0) is 37.3 Å². The molecule has 9 atom stereocenters. The second-order valence-corrected chi connectivity index (χ2v) is 14.6. The predicted molar refractivity (Wildman–Crippen MR) is 193 cm³/mol. The minimum Gasteiger partial charge on any atom is -0.455 e. The Morgan fingerprint density at radius 2 is 1.78 bits per heavy atom. The zero-order valence-electron chi connectivity index (χ0n) is 28.8. The van der Waals surface area contributed by atoms with Crippen LogP contribution in [0.5, 0.6) is 0 Å². The van der Waals surface area contributed by atoms with Crippen LogP contribution in [0, 0.1) is 11.8 Å². The van der Waals surface area contributed by atoms with Gasteiger partial charge in [-0.25, -0.2) is 0 Å². The van der Waals surface area contributed by atoms with Gasteiger partial charge in [0, 0.05) is 23.8 Å². The Morgan fingerprint density at radius 3 is 2.38 bits per heavy atom. The SMILES string of the molecule is C=CCCC(=O)NC[C@@H](OC(=O)[C@@H]1[C@H]2O[C@@]3(CC2Br)[C@H](C(=O)N(CC=C)C(C)CCC)N([C@H](CO)c2ccccc2)C(=O)[C@@H]13)c1ccccc1. The summed E-state index contributed by atoms with van der Waals surface area (Å²) in [5.41, 5.74) is -0.0125. The van der Waals surface area contributed by atoms with Crippen LogP contribution in [0.4, 0.5) is 0 Å². The van der Waals surface area contributed by atoms with Crippen LogP contribution in [0.1, 0.15) is 69.2 Å². The lowest BCUT2D eigenvalue weighted by Gasteiger charge is -2.41. The minimum absolute atomic E-state index is 0.0329. The first-order chi connectivity index (χ1) is 24.1. The van der Waals surface area contributed by atoms with E-state index in [4.69, 9.17) is 9.47 Å². The average Bonchev–Trinajstić information content (AvgIpc) is 3.72. The van der Waals surface area contributed by atoms with E-state index in [2.05, 4.69) is 34.4 Å². The average molecular weight is 751 g/mol. The Kier molecular flexibility index (Phi) is 12.3. The van der Waals surface area contributed by atoms with E-state index in [0.29, 0.717) is 24.0 Å². The van der Waals surface area contributed by atoms with Crippen LogP contribution in [-0.4, -0.2) is 86.9 Å². The van der Waals surface area contributed by atoms with Crippen molar-refractivity contribution in [1.82, 2.24) is 15.1 Å². The van der Waals surface area contributed by atoms with Gasteiger partial charge in [0.2, 0.25) is 17.7 Å². The number of hydrogen-bond donors (Lipinski definition) is 2. The van der Waals surface area contributed by atoms with Gasteiger partial charge < -0.3 is 29.7 Å². The molecule has 2 unspecified atom stereocenters. The number of hydrogen-bond acceptors (Lipinski definition) is 7. The second kappa shape index (κ2) is 16.5. The Morgan fingerprint density at radius 1 is 1.12 bits per heavy atom. The number of halogens is 1. The molecule has 0 aliphatic carbocycles. The van der Waals surface area contributed by atoms with Crippen molar-refractivity contribution >= 4 is 39.6 Å². The number of alkyl halides is 1. The second-order valence-electron chi connectivity index (χ2n) is 13.4. The summed E-state index contributed by atoms with van der Waals surface area (Å²) in [4.78, 5) is 59.6. The maximum atomic E-state index is 14.9. The van der Waals surface area contributed by atoms with Gasteiger partial charge in [-0.1, -0.05) is 102 Å². The molecule has 0 aromatic heterocycles. The first-order valence-electron chi connectivity index (χ1n) is 17.5. The summed E-state index contributed by atoms with van der Waals surface area (Å²) in [6, 6.07) is 16.1. The van der Waals surface area contributed by atoms with Crippen LogP contribution in [-0.2, 0) is 28.7 Å². The standard InChI is InChI=1S/C39H48BrN3O7/c1-5-8-20-31(45)41-23-30(27-18-13-10-14-19-27)49-38(48)32-33-36(46)43(29(24-44)26-16-11-9-12-17-26)35(39(33)22-28(40)34(32)50-39)37(47)42(21-7-3)25(4)15-6-2/h5,7,9-14,16-19,25,28-30,32-35,44H,1,3,6,8,15,20-24H2,2,4H3,(H,41,45)/t25?,28?,29-,30-,32+,33-,34+,35+,39-/m1/s1. The monoisotopic (exact) mass is 749 g/mol. The summed E-state index contributed by atoms with van der Waals surface area (Å²) in [5.74, 6) is -3.68. The summed E-state index contributed by atoms with van der Waals surface area (Å²) in [7, 11) is 0. The summed E-state index contributed by atoms with van der Waals surface area (Å²) in [5, 5.41) is 13.7. The first kappa shape index (κ1) is 37.5. The summed E-state index contributed by atoms with van der Waals surface area (Å²) < 4.78 is 12.9. The highest BCUT2D eigenvalue weighted by molar-refractivity contribution is 9.09. The number of esters is 1. The number of carbonyl (C=O) groups is 4. The largest absolute Gasteiger partial charge is 0.455 e. The lowest BCUT2D eigenvalue weighted by molar-refractivity contribution is -0.161. The van der Waals surface area contributed by atoms with Gasteiger partial charge >= 0.3 is 5.97 Å². The van der Waals surface area contributed by atoms with Gasteiger partial charge in [-0.15, -0.1) is 13.2 Å². The number of rotatable bonds is 17. The van der Waals surface area contributed by atoms with E-state index in [0.717, 1.165) is 12.8 Å². The van der Waals surface area contributed by atoms with Gasteiger partial charge in [0.25, 0.3) is 0 Å². The van der Waals surface area contributed by atoms with Gasteiger partial charge in [0.05, 0.1) is 37.1 Å². The van der Waals surface area contributed by atoms with E-state index in [9.17, 15) is 24.3 Å². The van der Waals surface area contributed by atoms with Crippen molar-refractivity contribution in [3.63, 3.8) is 0 Å². The molecule has 5 rings (SSSR count). The molecule has 3 aliphatic rings. The number of aliphatic hydroxyl groups is 1. The Bertz CT molecular complexity index is 1540. The third-order valence-corrected chi connectivity index (χ3v) is 11.1. The zero-order chi connectivity index (χ0) is 36.0. The predicted octanol–water partition coefficient (Wildman–Crippen LogP) is 5.04. The summed E-state index contributed by atoms with van der Waals surface area (Å²) in [6.07, 6.45) is 4.41. The molecule has 0 radical (unpaired) electrons. The van der Waals surface area contributed by atoms with Gasteiger partial charge in [0.1, 0.15) is 17.7 Å². The molecule has 2 bridgehead atoms. The van der Waals surface area contributed by atoms with E-state index in [1.807, 2.05) is 74.5 Å². The summed E-state index contributed by atoms with van der Waals surface area (Å²) in [6.45, 7) is 11.4. The van der Waals surface area contributed by atoms with Crippen molar-refractivity contribution in [3.8, 4) is 0 Å². The number of likely N-dealkylation sites (tertiary alicyclic amines) is 1. The molecule has 0 saturated carbocycles. The number of ether oxygens (including phenoxy) is 2. The van der Waals surface area contributed by atoms with Crippen LogP contribution < -0.4 is 5.32 Å². The number of amides is 3. The van der Waals surface area contributed by atoms with Crippen LogP contribution in [0.2, 0.25) is 0 Å². The van der Waals surface area contributed by atoms with E-state index >= 15 is 0 Å². The maximum Gasteiger partial charge on any atom is 0.313 e. The third-order valence-electron chi connectivity index (χ3n) is 10.3. The van der Waals surface area contributed by atoms with Crippen molar-refractivity contribution in [3.05, 3.63) is 97.1 Å². The molecule has 3 aliphatic heterocycles. The van der Waals surface area contributed by atoms with E-state index in [1.165, 1.54) is 4.90 Å². The fourth-order valence-corrected chi connectivity index (χ4v) is 8.92. The highest BCUT2D eigenvalue weighted by atomic mass is 79.9. The van der Waals surface area contributed by atoms with Crippen LogP contribution in [0.25, 0.3) is 0 Å². The van der Waals surface area contributed by atoms with E-state index in [1.54, 1.807) is 17.1 Å². The smallest absolute Gasteiger partial charge is 0.313 e. The molecule has 268 valence electrons. The van der Waals surface area contributed by atoms with Crippen LogP contribution in [0.3, 0.4) is 0 Å². The molecule has 1 spiro atoms. The van der Waals surface area contributed by atoms with Crippen molar-refractivity contribution in [1.29, 1.82) is 0 Å². The Labute approximate surface area is 303 Å². The zero-order valence-corrected chi connectivity index (χ0v) is 30.4. The fourth-order valence-electron chi connectivity index (χ4n) is 7.98. The third kappa shape index (κ3) is 7.18. The molecule has 2 N–H and O–H groups in total. The van der Waals surface area contributed by atoms with Crippen molar-refractivity contribution in [2.45, 2.75) is 86.7 Å². The number of nitrogens with zero attached hydrogens (tertiary/aromatic N) is 2. The number of carbonyl (C=O) groups excluding carboxylic acids is 4. The number of benzene rings is 2. The van der Waals surface area contributed by atoms with Crippen molar-refractivity contribution in [2.24, 2.45) is 11.8 Å². The Balaban J connectivity index is 1.54. The molecule has 3 fully saturated rings. The van der Waals surface area contributed by atoms with Gasteiger partial charge in [-0.3, -0.25) is 19.2 Å². The topological polar surface area (TPSA) is 125 Å².